The number of carboxylic acid groups (broad SMARTS) is 1. The van der Waals surface area contributed by atoms with Crippen molar-refractivity contribution in [3.8, 4) is 22.8 Å². The molecule has 110 valence electrons. The van der Waals surface area contributed by atoms with Crippen LogP contribution in [0.1, 0.15) is 10.5 Å². The molecule has 0 atom stereocenters. The third kappa shape index (κ3) is 2.95. The predicted molar refractivity (Wildman–Crippen MR) is 75.4 cm³/mol. The maximum Gasteiger partial charge on any atom is 0.358 e. The minimum absolute atomic E-state index is 0.151. The second kappa shape index (κ2) is 5.69. The van der Waals surface area contributed by atoms with Gasteiger partial charge in [0.2, 0.25) is 0 Å². The number of ether oxygens (including phenoxy) is 1. The van der Waals surface area contributed by atoms with Crippen LogP contribution in [-0.2, 0) is 0 Å². The second-order valence-electron chi connectivity index (χ2n) is 4.46. The number of hydrogen-bond donors (Lipinski definition) is 1. The van der Waals surface area contributed by atoms with Gasteiger partial charge in [-0.2, -0.15) is 0 Å². The van der Waals surface area contributed by atoms with E-state index in [1.165, 1.54) is 30.3 Å². The number of carboxylic acids is 1. The lowest BCUT2D eigenvalue weighted by atomic mass is 10.1. The quantitative estimate of drug-likeness (QED) is 0.789. The van der Waals surface area contributed by atoms with Crippen LogP contribution < -0.4 is 4.74 Å². The summed E-state index contributed by atoms with van der Waals surface area (Å²) < 4.78 is 23.3. The summed E-state index contributed by atoms with van der Waals surface area (Å²) in [7, 11) is 0. The molecule has 2 aromatic carbocycles. The van der Waals surface area contributed by atoms with Gasteiger partial charge in [-0.05, 0) is 48.5 Å². The lowest BCUT2D eigenvalue weighted by Crippen LogP contribution is -1.94. The van der Waals surface area contributed by atoms with Gasteiger partial charge in [0.05, 0.1) is 0 Å². The Morgan fingerprint density at radius 3 is 2.18 bits per heavy atom. The molecule has 0 aliphatic rings. The van der Waals surface area contributed by atoms with E-state index in [2.05, 4.69) is 5.16 Å². The van der Waals surface area contributed by atoms with Crippen LogP contribution in [0, 0.1) is 5.82 Å². The van der Waals surface area contributed by atoms with Crippen LogP contribution >= 0.6 is 0 Å². The molecule has 0 aliphatic heterocycles. The maximum atomic E-state index is 12.8. The minimum Gasteiger partial charge on any atom is -0.476 e. The molecule has 1 heterocycles. The van der Waals surface area contributed by atoms with Crippen molar-refractivity contribution in [1.29, 1.82) is 0 Å². The van der Waals surface area contributed by atoms with Crippen molar-refractivity contribution >= 4 is 5.97 Å². The average molecular weight is 299 g/mol. The highest BCUT2D eigenvalue weighted by molar-refractivity contribution is 5.86. The van der Waals surface area contributed by atoms with Crippen molar-refractivity contribution in [2.24, 2.45) is 0 Å². The van der Waals surface area contributed by atoms with Gasteiger partial charge < -0.3 is 14.4 Å². The van der Waals surface area contributed by atoms with Gasteiger partial charge in [0.1, 0.15) is 17.3 Å². The molecule has 0 fully saturated rings. The Balaban J connectivity index is 1.77. The smallest absolute Gasteiger partial charge is 0.358 e. The Labute approximate surface area is 124 Å². The summed E-state index contributed by atoms with van der Waals surface area (Å²) in [4.78, 5) is 10.8. The normalized spacial score (nSPS) is 10.4. The van der Waals surface area contributed by atoms with E-state index in [-0.39, 0.29) is 11.5 Å². The van der Waals surface area contributed by atoms with Crippen LogP contribution in [0.3, 0.4) is 0 Å². The van der Waals surface area contributed by atoms with Crippen molar-refractivity contribution in [2.45, 2.75) is 0 Å². The second-order valence-corrected chi connectivity index (χ2v) is 4.46. The number of benzene rings is 2. The van der Waals surface area contributed by atoms with Crippen molar-refractivity contribution in [3.05, 3.63) is 66.1 Å². The fourth-order valence-corrected chi connectivity index (χ4v) is 1.84. The number of hydrogen-bond acceptors (Lipinski definition) is 4. The third-order valence-corrected chi connectivity index (χ3v) is 2.92. The number of aromatic carboxylic acids is 1. The van der Waals surface area contributed by atoms with Crippen molar-refractivity contribution < 1.29 is 23.6 Å². The predicted octanol–water partition coefficient (Wildman–Crippen LogP) is 3.97. The third-order valence-electron chi connectivity index (χ3n) is 2.92. The van der Waals surface area contributed by atoms with Crippen LogP contribution in [0.25, 0.3) is 11.3 Å². The first kappa shape index (κ1) is 13.8. The van der Waals surface area contributed by atoms with E-state index >= 15 is 0 Å². The maximum absolute atomic E-state index is 12.8. The van der Waals surface area contributed by atoms with E-state index in [4.69, 9.17) is 14.4 Å². The van der Waals surface area contributed by atoms with Crippen LogP contribution in [0.4, 0.5) is 4.39 Å². The summed E-state index contributed by atoms with van der Waals surface area (Å²) in [5.41, 5.74) is 0.521. The molecule has 0 radical (unpaired) electrons. The van der Waals surface area contributed by atoms with Crippen LogP contribution in [0.2, 0.25) is 0 Å². The molecular weight excluding hydrogens is 289 g/mol. The van der Waals surface area contributed by atoms with Crippen molar-refractivity contribution in [1.82, 2.24) is 5.16 Å². The topological polar surface area (TPSA) is 72.6 Å². The van der Waals surface area contributed by atoms with Gasteiger partial charge in [0, 0.05) is 11.6 Å². The van der Waals surface area contributed by atoms with Gasteiger partial charge in [-0.3, -0.25) is 0 Å². The molecule has 0 saturated heterocycles. The molecule has 0 spiro atoms. The monoisotopic (exact) mass is 299 g/mol. The number of aromatic nitrogens is 1. The fraction of sp³-hybridized carbons (Fsp3) is 0. The summed E-state index contributed by atoms with van der Waals surface area (Å²) in [6.07, 6.45) is 0. The summed E-state index contributed by atoms with van der Waals surface area (Å²) in [6.45, 7) is 0. The van der Waals surface area contributed by atoms with Gasteiger partial charge in [0.25, 0.3) is 0 Å². The first-order valence-corrected chi connectivity index (χ1v) is 6.36. The Hall–Kier alpha value is -3.15. The van der Waals surface area contributed by atoms with Gasteiger partial charge >= 0.3 is 5.97 Å². The van der Waals surface area contributed by atoms with Crippen molar-refractivity contribution in [2.75, 3.05) is 0 Å². The van der Waals surface area contributed by atoms with E-state index in [0.29, 0.717) is 22.8 Å². The van der Waals surface area contributed by atoms with Crippen LogP contribution in [0.5, 0.6) is 11.5 Å². The molecule has 0 saturated carbocycles. The number of nitrogens with zero attached hydrogens (tertiary/aromatic N) is 1. The molecule has 5 nitrogen and oxygen atoms in total. The molecule has 1 N–H and O–H groups in total. The number of rotatable bonds is 4. The van der Waals surface area contributed by atoms with E-state index in [9.17, 15) is 9.18 Å². The highest BCUT2D eigenvalue weighted by Gasteiger charge is 2.12. The SMILES string of the molecule is O=C(O)c1cc(-c2ccc(Oc3ccc(F)cc3)cc2)on1. The first-order valence-electron chi connectivity index (χ1n) is 6.36. The number of carbonyl (C=O) groups is 1. The van der Waals surface area contributed by atoms with Crippen LogP contribution in [0.15, 0.2) is 59.1 Å². The Morgan fingerprint density at radius 2 is 1.64 bits per heavy atom. The fourth-order valence-electron chi connectivity index (χ4n) is 1.84. The van der Waals surface area contributed by atoms with Gasteiger partial charge in [-0.15, -0.1) is 0 Å². The summed E-state index contributed by atoms with van der Waals surface area (Å²) in [5.74, 6) is -0.0467. The van der Waals surface area contributed by atoms with Gasteiger partial charge in [-0.25, -0.2) is 9.18 Å². The molecular formula is C16H10FNO4. The molecule has 0 amide bonds. The average Bonchev–Trinajstić information content (AvgIpc) is 3.00. The van der Waals surface area contributed by atoms with E-state index < -0.39 is 5.97 Å². The summed E-state index contributed by atoms with van der Waals surface area (Å²) >= 11 is 0. The highest BCUT2D eigenvalue weighted by Crippen LogP contribution is 2.26. The Kier molecular flexibility index (Phi) is 3.57. The molecule has 0 unspecified atom stereocenters. The Morgan fingerprint density at radius 1 is 1.05 bits per heavy atom. The summed E-state index contributed by atoms with van der Waals surface area (Å²) in [6, 6.07) is 13.8. The zero-order chi connectivity index (χ0) is 15.5. The molecule has 3 rings (SSSR count). The lowest BCUT2D eigenvalue weighted by molar-refractivity contribution is 0.0686. The molecule has 1 aromatic heterocycles. The molecule has 6 heteroatoms. The van der Waals surface area contributed by atoms with E-state index in [0.717, 1.165) is 0 Å². The highest BCUT2D eigenvalue weighted by atomic mass is 19.1. The zero-order valence-electron chi connectivity index (χ0n) is 11.2. The molecule has 22 heavy (non-hydrogen) atoms. The van der Waals surface area contributed by atoms with Crippen LogP contribution in [-0.4, -0.2) is 16.2 Å². The lowest BCUT2D eigenvalue weighted by Gasteiger charge is -2.05. The Bertz CT molecular complexity index is 794. The van der Waals surface area contributed by atoms with E-state index in [1.54, 1.807) is 24.3 Å². The van der Waals surface area contributed by atoms with Gasteiger partial charge in [0.15, 0.2) is 11.5 Å². The zero-order valence-corrected chi connectivity index (χ0v) is 11.2. The minimum atomic E-state index is -1.15. The molecule has 0 aliphatic carbocycles. The first-order chi connectivity index (χ1) is 10.6. The number of halogens is 1. The molecule has 0 bridgehead atoms. The van der Waals surface area contributed by atoms with Gasteiger partial charge in [-0.1, -0.05) is 5.16 Å². The summed E-state index contributed by atoms with van der Waals surface area (Å²) in [5, 5.41) is 12.3. The largest absolute Gasteiger partial charge is 0.476 e. The van der Waals surface area contributed by atoms with Crippen molar-refractivity contribution in [3.63, 3.8) is 0 Å². The van der Waals surface area contributed by atoms with E-state index in [1.807, 2.05) is 0 Å². The molecule has 3 aromatic rings. The standard InChI is InChI=1S/C16H10FNO4/c17-11-3-7-13(8-4-11)21-12-5-1-10(2-6-12)15-9-14(16(19)20)18-22-15/h1-9H,(H,19,20).